The van der Waals surface area contributed by atoms with Crippen LogP contribution in [0.4, 0.5) is 0 Å². The number of hydrogen-bond acceptors (Lipinski definition) is 10. The number of Topliss-reactive ketones (excluding diaryl/α,β-unsaturated/α-hetero) is 1. The largest absolute Gasteiger partial charge is 0.459 e. The second kappa shape index (κ2) is 18.4. The highest BCUT2D eigenvalue weighted by Gasteiger charge is 2.52. The second-order valence-corrected chi connectivity index (χ2v) is 13.3. The highest BCUT2D eigenvalue weighted by molar-refractivity contribution is 5.91. The van der Waals surface area contributed by atoms with Crippen molar-refractivity contribution in [2.45, 2.75) is 84.5 Å². The fourth-order valence-electron chi connectivity index (χ4n) is 5.43. The third-order valence-electron chi connectivity index (χ3n) is 9.15. The Bertz CT molecular complexity index is 1610. The summed E-state index contributed by atoms with van der Waals surface area (Å²) in [5, 5.41) is 2.77. The van der Waals surface area contributed by atoms with Crippen LogP contribution in [0.1, 0.15) is 85.0 Å². The van der Waals surface area contributed by atoms with E-state index in [1.54, 1.807) is 91.0 Å². The third-order valence-corrected chi connectivity index (χ3v) is 9.15. The van der Waals surface area contributed by atoms with Crippen molar-refractivity contribution in [3.63, 3.8) is 0 Å². The predicted octanol–water partition coefficient (Wildman–Crippen LogP) is 5.96. The number of hydrogen-bond donors (Lipinski definition) is 1. The smallest absolute Gasteiger partial charge is 0.338 e. The Morgan fingerprint density at radius 3 is 1.71 bits per heavy atom. The first-order valence-corrected chi connectivity index (χ1v) is 17.2. The highest BCUT2D eigenvalue weighted by atomic mass is 16.7. The molecule has 2 unspecified atom stereocenters. The van der Waals surface area contributed by atoms with Gasteiger partial charge in [0.15, 0.2) is 18.5 Å². The van der Waals surface area contributed by atoms with Crippen LogP contribution in [0.3, 0.4) is 0 Å². The van der Waals surface area contributed by atoms with E-state index in [4.69, 9.17) is 23.7 Å². The van der Waals surface area contributed by atoms with Crippen LogP contribution in [0.2, 0.25) is 0 Å². The minimum Gasteiger partial charge on any atom is -0.459 e. The summed E-state index contributed by atoms with van der Waals surface area (Å²) in [4.78, 5) is 65.4. The molecule has 11 nitrogen and oxygen atoms in total. The van der Waals surface area contributed by atoms with Crippen LogP contribution < -0.4 is 5.32 Å². The van der Waals surface area contributed by atoms with Crippen molar-refractivity contribution in [3.8, 4) is 0 Å². The lowest BCUT2D eigenvalue weighted by molar-refractivity contribution is -0.269. The molecule has 1 saturated heterocycles. The molecule has 4 rings (SSSR count). The van der Waals surface area contributed by atoms with Gasteiger partial charge in [0.05, 0.1) is 16.7 Å². The van der Waals surface area contributed by atoms with Gasteiger partial charge in [-0.25, -0.2) is 14.4 Å². The zero-order chi connectivity index (χ0) is 37.0. The molecule has 0 spiro atoms. The van der Waals surface area contributed by atoms with Gasteiger partial charge in [-0.2, -0.15) is 0 Å². The van der Waals surface area contributed by atoms with Crippen LogP contribution in [-0.2, 0) is 33.3 Å². The lowest BCUT2D eigenvalue weighted by Gasteiger charge is -2.45. The molecule has 1 fully saturated rings. The van der Waals surface area contributed by atoms with Crippen LogP contribution in [0, 0.1) is 11.3 Å². The summed E-state index contributed by atoms with van der Waals surface area (Å²) in [7, 11) is 0. The number of nitrogens with one attached hydrogen (secondary N) is 1. The third kappa shape index (κ3) is 10.8. The molecule has 0 saturated carbocycles. The quantitative estimate of drug-likeness (QED) is 0.108. The van der Waals surface area contributed by atoms with E-state index in [0.29, 0.717) is 19.3 Å². The van der Waals surface area contributed by atoms with Gasteiger partial charge < -0.3 is 29.0 Å². The van der Waals surface area contributed by atoms with Crippen LogP contribution in [0.15, 0.2) is 91.0 Å². The van der Waals surface area contributed by atoms with E-state index in [2.05, 4.69) is 5.32 Å². The van der Waals surface area contributed by atoms with E-state index in [1.165, 1.54) is 6.92 Å². The average Bonchev–Trinajstić information content (AvgIpc) is 3.13. The number of rotatable bonds is 16. The number of ether oxygens (including phenoxy) is 5. The van der Waals surface area contributed by atoms with E-state index in [0.717, 1.165) is 0 Å². The first-order valence-electron chi connectivity index (χ1n) is 17.2. The average molecular weight is 702 g/mol. The van der Waals surface area contributed by atoms with Crippen molar-refractivity contribution in [2.24, 2.45) is 11.3 Å². The van der Waals surface area contributed by atoms with Gasteiger partial charge in [-0.3, -0.25) is 9.59 Å². The number of benzene rings is 3. The van der Waals surface area contributed by atoms with Crippen LogP contribution in [-0.4, -0.2) is 73.5 Å². The Balaban J connectivity index is 1.63. The lowest BCUT2D eigenvalue weighted by atomic mass is 9.76. The van der Waals surface area contributed by atoms with Crippen LogP contribution in [0.5, 0.6) is 0 Å². The van der Waals surface area contributed by atoms with Gasteiger partial charge in [-0.15, -0.1) is 0 Å². The number of ketones is 1. The fourth-order valence-corrected chi connectivity index (χ4v) is 5.43. The van der Waals surface area contributed by atoms with Crippen molar-refractivity contribution in [2.75, 3.05) is 13.2 Å². The minimum absolute atomic E-state index is 0.125. The molecule has 11 heteroatoms. The fraction of sp³-hybridized carbons (Fsp3) is 0.425. The Hall–Kier alpha value is -4.87. The van der Waals surface area contributed by atoms with Crippen molar-refractivity contribution >= 4 is 29.6 Å². The molecule has 1 N–H and O–H groups in total. The highest BCUT2D eigenvalue weighted by Crippen LogP contribution is 2.31. The number of amides is 1. The summed E-state index contributed by atoms with van der Waals surface area (Å²) in [6, 6.07) is 23.6. The molecule has 3 aromatic carbocycles. The molecule has 0 aromatic heterocycles. The molecule has 1 amide bonds. The summed E-state index contributed by atoms with van der Waals surface area (Å²) in [5.41, 5.74) is 0.265. The molecule has 0 aliphatic carbocycles. The zero-order valence-corrected chi connectivity index (χ0v) is 29.7. The Morgan fingerprint density at radius 2 is 1.22 bits per heavy atom. The number of carbonyl (C=O) groups excluding carboxylic acids is 5. The molecule has 0 radical (unpaired) electrons. The Labute approximate surface area is 298 Å². The van der Waals surface area contributed by atoms with E-state index < -0.39 is 66.5 Å². The van der Waals surface area contributed by atoms with Crippen LogP contribution >= 0.6 is 0 Å². The van der Waals surface area contributed by atoms with E-state index in [1.807, 2.05) is 27.7 Å². The first-order chi connectivity index (χ1) is 24.4. The maximum Gasteiger partial charge on any atom is 0.338 e. The minimum atomic E-state index is -1.36. The van der Waals surface area contributed by atoms with Gasteiger partial charge >= 0.3 is 17.9 Å². The Kier molecular flexibility index (Phi) is 14.0. The van der Waals surface area contributed by atoms with Gasteiger partial charge in [0.25, 0.3) is 0 Å². The Morgan fingerprint density at radius 1 is 0.725 bits per heavy atom. The second-order valence-electron chi connectivity index (χ2n) is 13.3. The summed E-state index contributed by atoms with van der Waals surface area (Å²) < 4.78 is 30.1. The maximum atomic E-state index is 13.5. The van der Waals surface area contributed by atoms with Crippen molar-refractivity contribution in [3.05, 3.63) is 108 Å². The molecule has 1 aliphatic rings. The van der Waals surface area contributed by atoms with E-state index in [9.17, 15) is 24.0 Å². The van der Waals surface area contributed by atoms with Crippen molar-refractivity contribution in [1.82, 2.24) is 5.32 Å². The molecule has 3 aromatic rings. The van der Waals surface area contributed by atoms with Gasteiger partial charge in [0.1, 0.15) is 24.5 Å². The predicted molar refractivity (Wildman–Crippen MR) is 188 cm³/mol. The molecule has 0 bridgehead atoms. The lowest BCUT2D eigenvalue weighted by Crippen LogP contribution is -2.66. The maximum absolute atomic E-state index is 13.5. The van der Waals surface area contributed by atoms with Gasteiger partial charge in [0.2, 0.25) is 5.91 Å². The van der Waals surface area contributed by atoms with E-state index >= 15 is 0 Å². The topological polar surface area (TPSA) is 144 Å². The first kappa shape index (κ1) is 38.9. The SMILES string of the molecule is CC(=O)NC1[C@H](OCCCCC(=O)C(C)(C)C(C)C)OC(COC(=O)c2ccccc2)[C@H](OC(=O)c2ccccc2)[C@@H]1OC(=O)c1ccccc1. The molecular weight excluding hydrogens is 654 g/mol. The standard InChI is InChI=1S/C40H47NO10/c1-26(2)40(4,5)32(43)23-15-16-24-47-39-33(41-27(3)42)35(51-38(46)30-21-13-8-14-22-30)34(50-37(45)29-19-11-7-12-20-29)31(49-39)25-48-36(44)28-17-9-6-10-18-28/h6-14,17-22,26,31,33-35,39H,15-16,23-25H2,1-5H3,(H,41,42)/t31?,33?,34-,35+,39+/m0/s1. The van der Waals surface area contributed by atoms with Gasteiger partial charge in [-0.05, 0) is 55.2 Å². The number of unbranched alkanes of at least 4 members (excludes halogenated alkanes) is 1. The molecule has 51 heavy (non-hydrogen) atoms. The molecule has 5 atom stereocenters. The summed E-state index contributed by atoms with van der Waals surface area (Å²) in [5.74, 6) is -2.30. The number of esters is 3. The van der Waals surface area contributed by atoms with E-state index in [-0.39, 0.29) is 35.0 Å². The molecule has 272 valence electrons. The van der Waals surface area contributed by atoms with Crippen LogP contribution in [0.25, 0.3) is 0 Å². The molecule has 1 aliphatic heterocycles. The van der Waals surface area contributed by atoms with Crippen molar-refractivity contribution < 1.29 is 47.7 Å². The number of carbonyl (C=O) groups is 5. The summed E-state index contributed by atoms with van der Waals surface area (Å²) in [6.45, 7) is 8.91. The van der Waals surface area contributed by atoms with Gasteiger partial charge in [0, 0.05) is 25.4 Å². The molecule has 1 heterocycles. The summed E-state index contributed by atoms with van der Waals surface area (Å²) >= 11 is 0. The molecular formula is C40H47NO10. The van der Waals surface area contributed by atoms with Gasteiger partial charge in [-0.1, -0.05) is 82.3 Å². The zero-order valence-electron chi connectivity index (χ0n) is 29.7. The summed E-state index contributed by atoms with van der Waals surface area (Å²) in [6.07, 6.45) is -3.72. The monoisotopic (exact) mass is 701 g/mol. The normalized spacial score (nSPS) is 20.2. The van der Waals surface area contributed by atoms with Crippen molar-refractivity contribution in [1.29, 1.82) is 0 Å².